The molecule has 0 unspecified atom stereocenters. The second-order valence-corrected chi connectivity index (χ2v) is 7.43. The highest BCUT2D eigenvalue weighted by Crippen LogP contribution is 2.25. The Labute approximate surface area is 130 Å². The minimum absolute atomic E-state index is 0.164. The van der Waals surface area contributed by atoms with Crippen molar-refractivity contribution in [1.29, 1.82) is 0 Å². The molecule has 1 aromatic carbocycles. The standard InChI is InChI=1S/C12H12N2O4S3/c1-18-11(15)10-12(20-7-13-10)21(16,17)14-8-3-5-9(19-2)6-4-8/h3-7,14H,1-2H3. The summed E-state index contributed by atoms with van der Waals surface area (Å²) in [6.07, 6.45) is 1.93. The van der Waals surface area contributed by atoms with Gasteiger partial charge in [-0.05, 0) is 30.5 Å². The van der Waals surface area contributed by atoms with Crippen LogP contribution in [-0.4, -0.2) is 32.7 Å². The fraction of sp³-hybridized carbons (Fsp3) is 0.167. The van der Waals surface area contributed by atoms with E-state index in [1.807, 2.05) is 6.26 Å². The Balaban J connectivity index is 2.30. The summed E-state index contributed by atoms with van der Waals surface area (Å²) in [4.78, 5) is 16.3. The zero-order valence-corrected chi connectivity index (χ0v) is 13.6. The van der Waals surface area contributed by atoms with Crippen LogP contribution in [0.25, 0.3) is 0 Å². The highest BCUT2D eigenvalue weighted by atomic mass is 32.2. The summed E-state index contributed by atoms with van der Waals surface area (Å²) in [5.74, 6) is -0.783. The lowest BCUT2D eigenvalue weighted by atomic mass is 10.3. The van der Waals surface area contributed by atoms with Crippen LogP contribution in [0.1, 0.15) is 10.5 Å². The molecule has 0 radical (unpaired) electrons. The number of sulfonamides is 1. The second kappa shape index (κ2) is 6.46. The number of hydrogen-bond acceptors (Lipinski definition) is 7. The maximum Gasteiger partial charge on any atom is 0.358 e. The molecule has 1 aromatic heterocycles. The molecule has 2 rings (SSSR count). The van der Waals surface area contributed by atoms with Crippen LogP contribution in [0.3, 0.4) is 0 Å². The lowest BCUT2D eigenvalue weighted by molar-refractivity contribution is 0.0590. The molecule has 0 saturated carbocycles. The summed E-state index contributed by atoms with van der Waals surface area (Å²) >= 11 is 2.42. The molecule has 6 nitrogen and oxygen atoms in total. The number of esters is 1. The van der Waals surface area contributed by atoms with Gasteiger partial charge < -0.3 is 4.74 Å². The van der Waals surface area contributed by atoms with E-state index in [-0.39, 0.29) is 9.90 Å². The van der Waals surface area contributed by atoms with Gasteiger partial charge in [0.05, 0.1) is 12.6 Å². The van der Waals surface area contributed by atoms with Gasteiger partial charge in [-0.25, -0.2) is 18.2 Å². The van der Waals surface area contributed by atoms with Crippen molar-refractivity contribution >= 4 is 44.8 Å². The number of carbonyl (C=O) groups excluding carboxylic acids is 1. The summed E-state index contributed by atoms with van der Waals surface area (Å²) in [5, 5.41) is 0. The van der Waals surface area contributed by atoms with Crippen molar-refractivity contribution in [1.82, 2.24) is 4.98 Å². The van der Waals surface area contributed by atoms with E-state index in [0.29, 0.717) is 5.69 Å². The third kappa shape index (κ3) is 3.55. The largest absolute Gasteiger partial charge is 0.464 e. The van der Waals surface area contributed by atoms with Gasteiger partial charge in [0.2, 0.25) is 0 Å². The van der Waals surface area contributed by atoms with E-state index in [9.17, 15) is 13.2 Å². The zero-order chi connectivity index (χ0) is 15.5. The fourth-order valence-corrected chi connectivity index (χ4v) is 4.12. The monoisotopic (exact) mass is 344 g/mol. The van der Waals surface area contributed by atoms with E-state index >= 15 is 0 Å². The Morgan fingerprint density at radius 2 is 2.00 bits per heavy atom. The summed E-state index contributed by atoms with van der Waals surface area (Å²) < 4.78 is 31.4. The topological polar surface area (TPSA) is 85.4 Å². The highest BCUT2D eigenvalue weighted by Gasteiger charge is 2.26. The molecular weight excluding hydrogens is 332 g/mol. The third-order valence-electron chi connectivity index (χ3n) is 2.50. The van der Waals surface area contributed by atoms with Gasteiger partial charge >= 0.3 is 5.97 Å². The molecule has 0 bridgehead atoms. The van der Waals surface area contributed by atoms with E-state index in [4.69, 9.17) is 0 Å². The number of aromatic nitrogens is 1. The molecule has 1 heterocycles. The number of ether oxygens (including phenoxy) is 1. The zero-order valence-electron chi connectivity index (χ0n) is 11.2. The molecule has 2 aromatic rings. The number of carbonyl (C=O) groups is 1. The normalized spacial score (nSPS) is 11.1. The smallest absolute Gasteiger partial charge is 0.358 e. The van der Waals surface area contributed by atoms with Gasteiger partial charge in [0.25, 0.3) is 10.0 Å². The van der Waals surface area contributed by atoms with E-state index in [2.05, 4.69) is 14.4 Å². The first-order valence-corrected chi connectivity index (χ1v) is 9.25. The summed E-state index contributed by atoms with van der Waals surface area (Å²) in [5.41, 5.74) is 1.49. The van der Waals surface area contributed by atoms with Gasteiger partial charge in [-0.2, -0.15) is 0 Å². The van der Waals surface area contributed by atoms with Crippen LogP contribution in [0.2, 0.25) is 0 Å². The summed E-state index contributed by atoms with van der Waals surface area (Å²) in [7, 11) is -2.70. The van der Waals surface area contributed by atoms with Gasteiger partial charge in [0.15, 0.2) is 9.90 Å². The SMILES string of the molecule is COC(=O)c1ncsc1S(=O)(=O)Nc1ccc(SC)cc1. The summed E-state index contributed by atoms with van der Waals surface area (Å²) in [6, 6.07) is 6.91. The fourth-order valence-electron chi connectivity index (χ4n) is 1.52. The number of thioether (sulfide) groups is 1. The quantitative estimate of drug-likeness (QED) is 0.662. The van der Waals surface area contributed by atoms with Crippen LogP contribution in [0.5, 0.6) is 0 Å². The van der Waals surface area contributed by atoms with E-state index in [1.165, 1.54) is 12.6 Å². The minimum atomic E-state index is -3.88. The first kappa shape index (κ1) is 15.8. The van der Waals surface area contributed by atoms with Crippen molar-refractivity contribution in [3.05, 3.63) is 35.5 Å². The molecule has 0 saturated heterocycles. The molecule has 0 fully saturated rings. The number of nitrogens with one attached hydrogen (secondary N) is 1. The minimum Gasteiger partial charge on any atom is -0.464 e. The van der Waals surface area contributed by atoms with Crippen LogP contribution in [0.4, 0.5) is 5.69 Å². The van der Waals surface area contributed by atoms with Gasteiger partial charge in [0, 0.05) is 10.6 Å². The Kier molecular flexibility index (Phi) is 4.86. The Bertz CT molecular complexity index is 738. The number of benzene rings is 1. The average molecular weight is 344 g/mol. The number of nitrogens with zero attached hydrogens (tertiary/aromatic N) is 1. The van der Waals surface area contributed by atoms with Gasteiger partial charge in [-0.15, -0.1) is 23.1 Å². The molecule has 0 spiro atoms. The Morgan fingerprint density at radius 1 is 1.33 bits per heavy atom. The van der Waals surface area contributed by atoms with E-state index < -0.39 is 16.0 Å². The van der Waals surface area contributed by atoms with Crippen LogP contribution >= 0.6 is 23.1 Å². The lowest BCUT2D eigenvalue weighted by Crippen LogP contribution is -2.16. The first-order chi connectivity index (χ1) is 9.97. The predicted molar refractivity (Wildman–Crippen MR) is 82.5 cm³/mol. The number of methoxy groups -OCH3 is 1. The predicted octanol–water partition coefficient (Wildman–Crippen LogP) is 2.45. The highest BCUT2D eigenvalue weighted by molar-refractivity contribution is 7.98. The molecular formula is C12H12N2O4S3. The molecule has 0 aliphatic heterocycles. The third-order valence-corrected chi connectivity index (χ3v) is 5.99. The van der Waals surface area contributed by atoms with Crippen LogP contribution in [-0.2, 0) is 14.8 Å². The maximum absolute atomic E-state index is 12.3. The summed E-state index contributed by atoms with van der Waals surface area (Å²) in [6.45, 7) is 0. The molecule has 21 heavy (non-hydrogen) atoms. The first-order valence-electron chi connectivity index (χ1n) is 5.66. The molecule has 0 amide bonds. The number of hydrogen-bond donors (Lipinski definition) is 1. The molecule has 0 aliphatic rings. The molecule has 112 valence electrons. The number of anilines is 1. The van der Waals surface area contributed by atoms with Gasteiger partial charge in [-0.1, -0.05) is 0 Å². The van der Waals surface area contributed by atoms with Crippen molar-refractivity contribution in [2.24, 2.45) is 0 Å². The van der Waals surface area contributed by atoms with Crippen LogP contribution in [0, 0.1) is 0 Å². The second-order valence-electron chi connectivity index (χ2n) is 3.81. The maximum atomic E-state index is 12.3. The van der Waals surface area contributed by atoms with Crippen LogP contribution < -0.4 is 4.72 Å². The average Bonchev–Trinajstić information content (AvgIpc) is 2.97. The van der Waals surface area contributed by atoms with E-state index in [0.717, 1.165) is 16.2 Å². The lowest BCUT2D eigenvalue weighted by Gasteiger charge is -2.07. The van der Waals surface area contributed by atoms with Gasteiger partial charge in [-0.3, -0.25) is 4.72 Å². The van der Waals surface area contributed by atoms with Crippen molar-refractivity contribution in [2.75, 3.05) is 18.1 Å². The van der Waals surface area contributed by atoms with Crippen molar-refractivity contribution < 1.29 is 17.9 Å². The Hall–Kier alpha value is -1.58. The molecule has 9 heteroatoms. The van der Waals surface area contributed by atoms with Gasteiger partial charge in [0.1, 0.15) is 0 Å². The number of rotatable bonds is 5. The van der Waals surface area contributed by atoms with Crippen molar-refractivity contribution in [2.45, 2.75) is 9.10 Å². The molecule has 0 aliphatic carbocycles. The molecule has 0 atom stereocenters. The Morgan fingerprint density at radius 3 is 2.57 bits per heavy atom. The number of thiazole rings is 1. The van der Waals surface area contributed by atoms with E-state index in [1.54, 1.807) is 36.0 Å². The molecule has 1 N–H and O–H groups in total. The van der Waals surface area contributed by atoms with Crippen molar-refractivity contribution in [3.63, 3.8) is 0 Å². The van der Waals surface area contributed by atoms with Crippen LogP contribution in [0.15, 0.2) is 38.9 Å². The van der Waals surface area contributed by atoms with Crippen molar-refractivity contribution in [3.8, 4) is 0 Å².